The minimum absolute atomic E-state index is 0.00198. The summed E-state index contributed by atoms with van der Waals surface area (Å²) in [4.78, 5) is 33.7. The van der Waals surface area contributed by atoms with Gasteiger partial charge in [-0.05, 0) is 49.2 Å². The van der Waals surface area contributed by atoms with Crippen LogP contribution in [0.25, 0.3) is 11.4 Å². The highest BCUT2D eigenvalue weighted by atomic mass is 16.5. The van der Waals surface area contributed by atoms with Crippen LogP contribution in [0.2, 0.25) is 0 Å². The van der Waals surface area contributed by atoms with Crippen LogP contribution in [0.1, 0.15) is 29.4 Å². The van der Waals surface area contributed by atoms with Gasteiger partial charge in [0.15, 0.2) is 0 Å². The Labute approximate surface area is 192 Å². The molecule has 1 aromatic heterocycles. The standard InChI is InChI=1S/C25H26N4O4/c1-15-8-9-19(10-16(15)2)29-14-17(11-22(29)30)25(31)28-12-18(13-28)24-26-23(27-33-24)20-6-4-5-7-21(20)32-3/h4-10,17-18H,11-14H2,1-3H3. The van der Waals surface area contributed by atoms with E-state index < -0.39 is 0 Å². The number of carbonyl (C=O) groups excluding carboxylic acids is 2. The second kappa shape index (κ2) is 8.35. The highest BCUT2D eigenvalue weighted by Gasteiger charge is 2.42. The molecule has 0 saturated carbocycles. The fourth-order valence-electron chi connectivity index (χ4n) is 4.43. The molecule has 0 aliphatic carbocycles. The molecule has 2 fully saturated rings. The van der Waals surface area contributed by atoms with Gasteiger partial charge in [0.25, 0.3) is 0 Å². The van der Waals surface area contributed by atoms with Gasteiger partial charge in [-0.2, -0.15) is 4.98 Å². The van der Waals surface area contributed by atoms with Crippen LogP contribution in [0.4, 0.5) is 5.69 Å². The van der Waals surface area contributed by atoms with Gasteiger partial charge in [-0.3, -0.25) is 9.59 Å². The third kappa shape index (κ3) is 3.86. The molecule has 1 atom stereocenters. The average molecular weight is 447 g/mol. The van der Waals surface area contributed by atoms with E-state index in [9.17, 15) is 9.59 Å². The number of carbonyl (C=O) groups is 2. The normalized spacial score (nSPS) is 18.5. The molecule has 3 aromatic rings. The largest absolute Gasteiger partial charge is 0.496 e. The molecule has 2 aliphatic rings. The molecule has 0 bridgehead atoms. The molecular weight excluding hydrogens is 420 g/mol. The first-order valence-corrected chi connectivity index (χ1v) is 11.1. The van der Waals surface area contributed by atoms with Crippen molar-refractivity contribution >= 4 is 17.5 Å². The van der Waals surface area contributed by atoms with E-state index in [-0.39, 0.29) is 30.1 Å². The molecule has 2 saturated heterocycles. The number of hydrogen-bond acceptors (Lipinski definition) is 6. The van der Waals surface area contributed by atoms with Gasteiger partial charge < -0.3 is 19.1 Å². The third-order valence-electron chi connectivity index (χ3n) is 6.61. The number of likely N-dealkylation sites (tertiary alicyclic amines) is 1. The molecule has 170 valence electrons. The van der Waals surface area contributed by atoms with Gasteiger partial charge in [-0.25, -0.2) is 0 Å². The van der Waals surface area contributed by atoms with Gasteiger partial charge in [0.05, 0.1) is 24.5 Å². The number of amides is 2. The Balaban J connectivity index is 1.21. The highest BCUT2D eigenvalue weighted by Crippen LogP contribution is 2.34. The topological polar surface area (TPSA) is 88.8 Å². The van der Waals surface area contributed by atoms with E-state index in [1.165, 1.54) is 5.56 Å². The second-order valence-corrected chi connectivity index (χ2v) is 8.77. The number of aryl methyl sites for hydroxylation is 2. The summed E-state index contributed by atoms with van der Waals surface area (Å²) < 4.78 is 10.8. The first-order chi connectivity index (χ1) is 15.9. The van der Waals surface area contributed by atoms with Crippen molar-refractivity contribution in [2.24, 2.45) is 5.92 Å². The first-order valence-electron chi connectivity index (χ1n) is 11.1. The minimum atomic E-state index is -0.327. The predicted octanol–water partition coefficient (Wildman–Crippen LogP) is 3.34. The molecule has 2 aromatic carbocycles. The first kappa shape index (κ1) is 21.2. The van der Waals surface area contributed by atoms with E-state index >= 15 is 0 Å². The molecule has 2 amide bonds. The molecule has 0 N–H and O–H groups in total. The number of hydrogen-bond donors (Lipinski definition) is 0. The van der Waals surface area contributed by atoms with Crippen LogP contribution in [0.15, 0.2) is 47.0 Å². The summed E-state index contributed by atoms with van der Waals surface area (Å²) in [6.45, 7) is 5.51. The zero-order chi connectivity index (χ0) is 23.1. The second-order valence-electron chi connectivity index (χ2n) is 8.77. The molecule has 0 radical (unpaired) electrons. The molecule has 5 rings (SSSR count). The van der Waals surface area contributed by atoms with Crippen LogP contribution in [0, 0.1) is 19.8 Å². The molecular formula is C25H26N4O4. The number of rotatable bonds is 5. The van der Waals surface area contributed by atoms with E-state index in [0.29, 0.717) is 37.1 Å². The van der Waals surface area contributed by atoms with Crippen molar-refractivity contribution in [1.29, 1.82) is 0 Å². The predicted molar refractivity (Wildman–Crippen MR) is 122 cm³/mol. The summed E-state index contributed by atoms with van der Waals surface area (Å²) in [5.74, 6) is 1.33. The summed E-state index contributed by atoms with van der Waals surface area (Å²) in [6.07, 6.45) is 0.241. The monoisotopic (exact) mass is 446 g/mol. The average Bonchev–Trinajstić information content (AvgIpc) is 3.42. The Bertz CT molecular complexity index is 1210. The van der Waals surface area contributed by atoms with Gasteiger partial charge in [0, 0.05) is 31.7 Å². The lowest BCUT2D eigenvalue weighted by Crippen LogP contribution is -2.51. The molecule has 0 spiro atoms. The molecule has 3 heterocycles. The third-order valence-corrected chi connectivity index (χ3v) is 6.61. The molecule has 8 heteroatoms. The number of ether oxygens (including phenoxy) is 1. The number of nitrogens with zero attached hydrogens (tertiary/aromatic N) is 4. The van der Waals surface area contributed by atoms with Crippen LogP contribution >= 0.6 is 0 Å². The van der Waals surface area contributed by atoms with Crippen LogP contribution < -0.4 is 9.64 Å². The maximum atomic E-state index is 13.0. The lowest BCUT2D eigenvalue weighted by atomic mass is 9.96. The number of anilines is 1. The molecule has 33 heavy (non-hydrogen) atoms. The Hall–Kier alpha value is -3.68. The molecule has 2 aliphatic heterocycles. The van der Waals surface area contributed by atoms with E-state index in [1.54, 1.807) is 16.9 Å². The fourth-order valence-corrected chi connectivity index (χ4v) is 4.43. The zero-order valence-electron chi connectivity index (χ0n) is 18.9. The molecule has 8 nitrogen and oxygen atoms in total. The Morgan fingerprint density at radius 3 is 2.64 bits per heavy atom. The summed E-state index contributed by atoms with van der Waals surface area (Å²) >= 11 is 0. The van der Waals surface area contributed by atoms with Crippen molar-refractivity contribution in [3.8, 4) is 17.1 Å². The Morgan fingerprint density at radius 1 is 1.09 bits per heavy atom. The Kier molecular flexibility index (Phi) is 5.36. The molecule has 1 unspecified atom stereocenters. The quantitative estimate of drug-likeness (QED) is 0.597. The van der Waals surface area contributed by atoms with Gasteiger partial charge in [0.2, 0.25) is 23.5 Å². The number of benzene rings is 2. The van der Waals surface area contributed by atoms with Crippen molar-refractivity contribution in [2.45, 2.75) is 26.2 Å². The Morgan fingerprint density at radius 2 is 1.88 bits per heavy atom. The van der Waals surface area contributed by atoms with Crippen LogP contribution in [-0.4, -0.2) is 53.6 Å². The van der Waals surface area contributed by atoms with Crippen LogP contribution in [0.5, 0.6) is 5.75 Å². The highest BCUT2D eigenvalue weighted by molar-refractivity contribution is 6.00. The fraction of sp³-hybridized carbons (Fsp3) is 0.360. The number of aromatic nitrogens is 2. The van der Waals surface area contributed by atoms with Gasteiger partial charge in [-0.15, -0.1) is 0 Å². The van der Waals surface area contributed by atoms with Gasteiger partial charge in [-0.1, -0.05) is 23.4 Å². The van der Waals surface area contributed by atoms with E-state index in [4.69, 9.17) is 9.26 Å². The summed E-state index contributed by atoms with van der Waals surface area (Å²) in [5, 5.41) is 4.09. The lowest BCUT2D eigenvalue weighted by Gasteiger charge is -2.38. The van der Waals surface area contributed by atoms with E-state index in [1.807, 2.05) is 56.3 Å². The van der Waals surface area contributed by atoms with Gasteiger partial charge >= 0.3 is 0 Å². The maximum absolute atomic E-state index is 13.0. The summed E-state index contributed by atoms with van der Waals surface area (Å²) in [7, 11) is 1.60. The number of para-hydroxylation sites is 1. The van der Waals surface area contributed by atoms with Crippen molar-refractivity contribution in [2.75, 3.05) is 31.6 Å². The van der Waals surface area contributed by atoms with Gasteiger partial charge in [0.1, 0.15) is 5.75 Å². The minimum Gasteiger partial charge on any atom is -0.496 e. The van der Waals surface area contributed by atoms with Crippen LogP contribution in [-0.2, 0) is 9.59 Å². The van der Waals surface area contributed by atoms with Crippen molar-refractivity contribution in [3.05, 3.63) is 59.5 Å². The maximum Gasteiger partial charge on any atom is 0.233 e. The number of methoxy groups -OCH3 is 1. The van der Waals surface area contributed by atoms with E-state index in [2.05, 4.69) is 10.1 Å². The zero-order valence-corrected chi connectivity index (χ0v) is 18.9. The smallest absolute Gasteiger partial charge is 0.233 e. The van der Waals surface area contributed by atoms with Crippen molar-refractivity contribution in [3.63, 3.8) is 0 Å². The van der Waals surface area contributed by atoms with Crippen LogP contribution in [0.3, 0.4) is 0 Å². The van der Waals surface area contributed by atoms with Crippen molar-refractivity contribution in [1.82, 2.24) is 15.0 Å². The summed E-state index contributed by atoms with van der Waals surface area (Å²) in [5.41, 5.74) is 3.93. The lowest BCUT2D eigenvalue weighted by molar-refractivity contribution is -0.140. The van der Waals surface area contributed by atoms with Crippen molar-refractivity contribution < 1.29 is 18.8 Å². The summed E-state index contributed by atoms with van der Waals surface area (Å²) in [6, 6.07) is 13.5. The van der Waals surface area contributed by atoms with E-state index in [0.717, 1.165) is 16.8 Å². The SMILES string of the molecule is COc1ccccc1-c1noc(C2CN(C(=O)C3CC(=O)N(c4ccc(C)c(C)c4)C3)C2)n1.